The number of aryl methyl sites for hydroxylation is 1. The van der Waals surface area contributed by atoms with Gasteiger partial charge in [0, 0.05) is 79.8 Å². The first-order chi connectivity index (χ1) is 56.4. The van der Waals surface area contributed by atoms with Crippen LogP contribution in [0.5, 0.6) is 46.0 Å². The second-order valence-corrected chi connectivity index (χ2v) is 34.8. The number of ether oxygens (including phenoxy) is 9. The van der Waals surface area contributed by atoms with Crippen LogP contribution in [0.2, 0.25) is 0 Å². The molecule has 0 bridgehead atoms. The Labute approximate surface area is 684 Å². The fraction of sp³-hybridized carbons (Fsp3) is 0.348. The van der Waals surface area contributed by atoms with E-state index >= 15 is 0 Å². The molecule has 117 heavy (non-hydrogen) atoms. The zero-order valence-corrected chi connectivity index (χ0v) is 68.9. The molecule has 0 radical (unpaired) electrons. The fourth-order valence-electron chi connectivity index (χ4n) is 15.8. The number of hydrogen-bond donors (Lipinski definition) is 3. The van der Waals surface area contributed by atoms with E-state index in [0.29, 0.717) is 108 Å². The summed E-state index contributed by atoms with van der Waals surface area (Å²) in [5, 5.41) is 0. The second-order valence-electron chi connectivity index (χ2n) is 29.8. The van der Waals surface area contributed by atoms with Gasteiger partial charge in [-0.25, -0.2) is 30.0 Å². The van der Waals surface area contributed by atoms with Crippen LogP contribution in [0.15, 0.2) is 209 Å². The molecular weight excluding hydrogens is 1550 g/mol. The zero-order chi connectivity index (χ0) is 82.5. The van der Waals surface area contributed by atoms with Crippen molar-refractivity contribution < 1.29 is 87.1 Å². The Hall–Kier alpha value is -11.5. The highest BCUT2D eigenvalue weighted by Crippen LogP contribution is 2.44. The van der Waals surface area contributed by atoms with Gasteiger partial charge in [-0.15, -0.1) is 0 Å². The maximum absolute atomic E-state index is 13.2. The lowest BCUT2D eigenvalue weighted by Gasteiger charge is -2.20. The van der Waals surface area contributed by atoms with Gasteiger partial charge in [0.25, 0.3) is 30.1 Å². The van der Waals surface area contributed by atoms with E-state index in [-0.39, 0.29) is 79.7 Å². The number of nitrogens with zero attached hydrogens (tertiary/aromatic N) is 3. The molecule has 15 rings (SSSR count). The topological polar surface area (TPSA) is 300 Å². The molecule has 3 heterocycles. The Balaban J connectivity index is 0.000000153. The van der Waals surface area contributed by atoms with Crippen LogP contribution in [0.1, 0.15) is 147 Å². The van der Waals surface area contributed by atoms with Crippen LogP contribution in [-0.2, 0) is 49.2 Å². The second kappa shape index (κ2) is 37.2. The minimum absolute atomic E-state index is 0.00206. The summed E-state index contributed by atoms with van der Waals surface area (Å²) in [5.74, 6) is 4.00. The average molecular weight is 1650 g/mol. The number of carbonyl (C=O) groups is 4. The van der Waals surface area contributed by atoms with Gasteiger partial charge < -0.3 is 57.3 Å². The largest absolute Gasteiger partial charge is 0.493 e. The number of anilines is 6. The van der Waals surface area contributed by atoms with Gasteiger partial charge in [-0.2, -0.15) is 0 Å². The highest BCUT2D eigenvalue weighted by Gasteiger charge is 2.37. The number of rotatable bonds is 27. The van der Waals surface area contributed by atoms with Crippen LogP contribution in [0, 0.1) is 6.92 Å². The summed E-state index contributed by atoms with van der Waals surface area (Å²) in [6.07, 6.45) is 14.8. The van der Waals surface area contributed by atoms with Crippen molar-refractivity contribution in [3.63, 3.8) is 0 Å². The highest BCUT2D eigenvalue weighted by atomic mass is 32.2. The van der Waals surface area contributed by atoms with Crippen molar-refractivity contribution in [3.05, 3.63) is 222 Å². The third-order valence-corrected chi connectivity index (χ3v) is 26.1. The summed E-state index contributed by atoms with van der Waals surface area (Å²) >= 11 is 0. The molecule has 3 unspecified atom stereocenters. The average Bonchev–Trinajstić information content (AvgIpc) is 1.76. The van der Waals surface area contributed by atoms with E-state index in [4.69, 9.17) is 42.6 Å². The van der Waals surface area contributed by atoms with Crippen LogP contribution in [0.4, 0.5) is 34.1 Å². The van der Waals surface area contributed by atoms with E-state index in [1.807, 2.05) is 73.7 Å². The van der Waals surface area contributed by atoms with Gasteiger partial charge in [0.15, 0.2) is 46.0 Å². The van der Waals surface area contributed by atoms with Crippen molar-refractivity contribution in [2.45, 2.75) is 154 Å². The standard InChI is InChI=1S/C30H34N2O7S.C30H32N2O7S.C29H32N2O5S/c1-36-26-14-12-25(18-28(26)38-3)40(34,35)31-22-7-6-8-23(17-22)32-19-21(16-30(32)33)20-11-13-27(37-2)29(15-20)39-24-9-4-5-10-24;1-37-26-15-14-20(16-27(26)39-24-10-3-4-11-24)21-17-29(33)32(19-21)23-9-7-8-22(18-23)31-40(35,36)28-13-6-5-12-25(28)30(34)38-2;1-20-7-5-12-26(15-20)37(33,34)30-23-8-6-9-24(18-23)31-19-22(17-29(31)32)21-13-14-27(35-2)28(16-21)36-25-10-3-4-11-25/h6-8,11-15,17-18,21,24,31H,4-5,9-10,16,19H2,1-3H3;5-9,12-16,18,21,24,31H,3-4,10-11,17,19H2,1-2H3;5-9,12-16,18,22,25,30H,3-4,10-11,17,19H2,1-2H3. The minimum atomic E-state index is -4.11. The molecule has 3 saturated carbocycles. The van der Waals surface area contributed by atoms with E-state index in [2.05, 4.69) is 14.2 Å². The number of nitrogens with one attached hydrogen (secondary N) is 3. The number of hydrogen-bond acceptors (Lipinski definition) is 19. The van der Waals surface area contributed by atoms with E-state index in [1.54, 1.807) is 127 Å². The smallest absolute Gasteiger partial charge is 0.339 e. The van der Waals surface area contributed by atoms with Crippen LogP contribution in [0.3, 0.4) is 0 Å². The molecule has 9 aromatic carbocycles. The summed E-state index contributed by atoms with van der Waals surface area (Å²) in [5.41, 5.74) is 6.70. The number of esters is 1. The van der Waals surface area contributed by atoms with Gasteiger partial charge in [0.1, 0.15) is 4.90 Å². The van der Waals surface area contributed by atoms with Crippen LogP contribution >= 0.6 is 0 Å². The maximum Gasteiger partial charge on any atom is 0.339 e. The lowest BCUT2D eigenvalue weighted by Crippen LogP contribution is -2.24. The molecule has 25 nitrogen and oxygen atoms in total. The van der Waals surface area contributed by atoms with E-state index < -0.39 is 36.0 Å². The van der Waals surface area contributed by atoms with E-state index in [0.717, 1.165) is 79.4 Å². The van der Waals surface area contributed by atoms with Gasteiger partial charge in [-0.1, -0.05) is 60.7 Å². The summed E-state index contributed by atoms with van der Waals surface area (Å²) in [4.78, 5) is 56.5. The van der Waals surface area contributed by atoms with Crippen molar-refractivity contribution in [3.8, 4) is 46.0 Å². The monoisotopic (exact) mass is 1650 g/mol. The first-order valence-corrected chi connectivity index (χ1v) is 43.7. The summed E-state index contributed by atoms with van der Waals surface area (Å²) in [7, 11) is -2.76. The molecule has 3 N–H and O–H groups in total. The minimum Gasteiger partial charge on any atom is -0.493 e. The lowest BCUT2D eigenvalue weighted by atomic mass is 9.98. The Bertz CT molecular complexity index is 5460. The normalized spacial score (nSPS) is 17.8. The van der Waals surface area contributed by atoms with Gasteiger partial charge in [-0.05, 0) is 234 Å². The predicted molar refractivity (Wildman–Crippen MR) is 447 cm³/mol. The predicted octanol–water partition coefficient (Wildman–Crippen LogP) is 16.1. The van der Waals surface area contributed by atoms with Crippen molar-refractivity contribution in [1.29, 1.82) is 0 Å². The number of benzene rings is 9. The molecule has 9 aromatic rings. The third-order valence-electron chi connectivity index (χ3n) is 21.9. The van der Waals surface area contributed by atoms with Crippen molar-refractivity contribution in [2.75, 3.05) is 91.2 Å². The summed E-state index contributed by atoms with van der Waals surface area (Å²) < 4.78 is 137. The Morgan fingerprint density at radius 1 is 0.350 bits per heavy atom. The van der Waals surface area contributed by atoms with Gasteiger partial charge in [0.05, 0.1) is 93.4 Å². The van der Waals surface area contributed by atoms with E-state index in [1.165, 1.54) is 83.4 Å². The Morgan fingerprint density at radius 3 is 1.06 bits per heavy atom. The fourth-order valence-corrected chi connectivity index (χ4v) is 19.3. The summed E-state index contributed by atoms with van der Waals surface area (Å²) in [6.45, 7) is 3.26. The zero-order valence-electron chi connectivity index (χ0n) is 66.5. The molecule has 616 valence electrons. The van der Waals surface area contributed by atoms with Gasteiger partial charge in [-0.3, -0.25) is 28.5 Å². The molecule has 3 amide bonds. The molecule has 6 aliphatic rings. The molecule has 3 saturated heterocycles. The lowest BCUT2D eigenvalue weighted by molar-refractivity contribution is -0.118. The third kappa shape index (κ3) is 20.1. The van der Waals surface area contributed by atoms with Crippen LogP contribution in [0.25, 0.3) is 0 Å². The van der Waals surface area contributed by atoms with Gasteiger partial charge >= 0.3 is 5.97 Å². The molecule has 0 spiro atoms. The molecular formula is C89H98N6O19S3. The van der Waals surface area contributed by atoms with Gasteiger partial charge in [0.2, 0.25) is 17.7 Å². The molecule has 0 aromatic heterocycles. The highest BCUT2D eigenvalue weighted by molar-refractivity contribution is 7.93. The SMILES string of the molecule is COC(=O)c1ccccc1S(=O)(=O)Nc1cccc(N2CC(c3ccc(OC)c(OC4CCCC4)c3)CC2=O)c1.COc1ccc(C2CC(=O)N(c3cccc(NS(=O)(=O)c4cccc(C)c4)c3)C2)cc1OC1CCCC1.COc1ccc(S(=O)(=O)Nc2cccc(N3CC(c4ccc(OC)c(OC5CCCC5)c4)CC3=O)c2)cc1OC. The molecule has 3 atom stereocenters. The molecule has 3 aliphatic carbocycles. The quantitative estimate of drug-likeness (QED) is 0.0403. The number of carbonyl (C=O) groups excluding carboxylic acids is 4. The first-order valence-electron chi connectivity index (χ1n) is 39.2. The Morgan fingerprint density at radius 2 is 0.692 bits per heavy atom. The maximum atomic E-state index is 13.2. The molecule has 28 heteroatoms. The summed E-state index contributed by atoms with van der Waals surface area (Å²) in [6, 6.07) is 55.0. The van der Waals surface area contributed by atoms with E-state index in [9.17, 15) is 44.4 Å². The number of sulfonamides is 3. The van der Waals surface area contributed by atoms with Crippen molar-refractivity contribution in [1.82, 2.24) is 0 Å². The van der Waals surface area contributed by atoms with Crippen LogP contribution < -0.4 is 66.8 Å². The Kier molecular flexibility index (Phi) is 26.5. The number of amides is 3. The number of methoxy groups -OCH3 is 6. The van der Waals surface area contributed by atoms with Crippen molar-refractivity contribution in [2.24, 2.45) is 0 Å². The molecule has 6 fully saturated rings. The first kappa shape index (κ1) is 83.5. The van der Waals surface area contributed by atoms with Crippen LogP contribution in [-0.4, -0.2) is 130 Å². The molecule has 3 aliphatic heterocycles. The van der Waals surface area contributed by atoms with Crippen molar-refractivity contribution >= 4 is 87.9 Å².